The molecule has 2 aliphatic rings. The first kappa shape index (κ1) is 27.0. The molecule has 0 aromatic heterocycles. The Morgan fingerprint density at radius 1 is 1.00 bits per heavy atom. The van der Waals surface area contributed by atoms with E-state index >= 15 is 0 Å². The summed E-state index contributed by atoms with van der Waals surface area (Å²) in [6, 6.07) is 16.7. The van der Waals surface area contributed by atoms with Gasteiger partial charge in [0, 0.05) is 29.8 Å². The van der Waals surface area contributed by atoms with Crippen molar-refractivity contribution in [2.45, 2.75) is 31.8 Å². The lowest BCUT2D eigenvalue weighted by molar-refractivity contribution is -0.116. The van der Waals surface area contributed by atoms with Crippen molar-refractivity contribution in [3.8, 4) is 17.2 Å². The highest BCUT2D eigenvalue weighted by Crippen LogP contribution is 2.31. The first-order chi connectivity index (χ1) is 18.9. The number of fused-ring (bicyclic) bond motifs is 1. The van der Waals surface area contributed by atoms with Crippen LogP contribution >= 0.6 is 23.2 Å². The molecular weight excluding hydrogens is 543 g/mol. The summed E-state index contributed by atoms with van der Waals surface area (Å²) in [5, 5.41) is 3.78. The minimum absolute atomic E-state index is 0.115. The predicted molar refractivity (Wildman–Crippen MR) is 147 cm³/mol. The molecule has 0 spiro atoms. The molecular formula is C29H26Cl2N2O6. The van der Waals surface area contributed by atoms with Crippen molar-refractivity contribution in [1.82, 2.24) is 4.90 Å². The summed E-state index contributed by atoms with van der Waals surface area (Å²) >= 11 is 12.0. The lowest BCUT2D eigenvalue weighted by Gasteiger charge is -2.17. The quantitative estimate of drug-likeness (QED) is 0.226. The van der Waals surface area contributed by atoms with E-state index in [1.807, 2.05) is 0 Å². The van der Waals surface area contributed by atoms with Crippen LogP contribution in [0.15, 0.2) is 60.7 Å². The van der Waals surface area contributed by atoms with Crippen molar-refractivity contribution in [3.63, 3.8) is 0 Å². The molecule has 0 aliphatic carbocycles. The smallest absolute Gasteiger partial charge is 0.261 e. The Labute approximate surface area is 235 Å². The topological polar surface area (TPSA) is 94.2 Å². The third kappa shape index (κ3) is 6.53. The van der Waals surface area contributed by atoms with Gasteiger partial charge in [-0.05, 0) is 67.8 Å². The van der Waals surface area contributed by atoms with Crippen molar-refractivity contribution < 1.29 is 28.6 Å². The van der Waals surface area contributed by atoms with Crippen LogP contribution in [0.25, 0.3) is 0 Å². The summed E-state index contributed by atoms with van der Waals surface area (Å²) in [6.45, 7) is 1.23. The normalized spacial score (nSPS) is 16.4. The fourth-order valence-electron chi connectivity index (χ4n) is 4.50. The van der Waals surface area contributed by atoms with Crippen LogP contribution in [-0.4, -0.2) is 48.5 Å². The van der Waals surface area contributed by atoms with E-state index in [0.717, 1.165) is 12.8 Å². The maximum Gasteiger partial charge on any atom is 0.261 e. The summed E-state index contributed by atoms with van der Waals surface area (Å²) in [7, 11) is 0. The van der Waals surface area contributed by atoms with Crippen LogP contribution in [0.5, 0.6) is 17.2 Å². The zero-order valence-corrected chi connectivity index (χ0v) is 22.5. The van der Waals surface area contributed by atoms with Gasteiger partial charge in [-0.2, -0.15) is 0 Å². The van der Waals surface area contributed by atoms with Crippen LogP contribution in [0.2, 0.25) is 10.0 Å². The fraction of sp³-hybridized carbons (Fsp3) is 0.276. The average Bonchev–Trinajstić information content (AvgIpc) is 3.51. The Balaban J connectivity index is 1.14. The Kier molecular flexibility index (Phi) is 8.35. The number of carbonyl (C=O) groups excluding carboxylic acids is 3. The second-order valence-electron chi connectivity index (χ2n) is 9.27. The fourth-order valence-corrected chi connectivity index (χ4v) is 4.96. The molecule has 3 amide bonds. The number of nitrogens with zero attached hydrogens (tertiary/aromatic N) is 1. The minimum atomic E-state index is -0.348. The van der Waals surface area contributed by atoms with Gasteiger partial charge in [0.2, 0.25) is 5.91 Å². The molecule has 3 aromatic carbocycles. The van der Waals surface area contributed by atoms with Crippen LogP contribution in [0.1, 0.15) is 46.4 Å². The van der Waals surface area contributed by atoms with Gasteiger partial charge in [-0.3, -0.25) is 19.3 Å². The molecule has 1 atom stereocenters. The highest BCUT2D eigenvalue weighted by Gasteiger charge is 2.37. The van der Waals surface area contributed by atoms with E-state index in [9.17, 15) is 14.4 Å². The highest BCUT2D eigenvalue weighted by molar-refractivity contribution is 6.35. The molecule has 1 N–H and O–H groups in total. The average molecular weight is 569 g/mol. The monoisotopic (exact) mass is 568 g/mol. The zero-order valence-electron chi connectivity index (χ0n) is 21.0. The lowest BCUT2D eigenvalue weighted by Crippen LogP contribution is -2.36. The van der Waals surface area contributed by atoms with E-state index < -0.39 is 0 Å². The van der Waals surface area contributed by atoms with Gasteiger partial charge in [-0.15, -0.1) is 0 Å². The largest absolute Gasteiger partial charge is 0.492 e. The van der Waals surface area contributed by atoms with E-state index in [2.05, 4.69) is 5.32 Å². The van der Waals surface area contributed by atoms with Gasteiger partial charge in [0.1, 0.15) is 17.2 Å². The molecule has 202 valence electrons. The number of nitrogens with one attached hydrogen (secondary N) is 1. The molecule has 0 saturated carbocycles. The molecule has 1 saturated heterocycles. The van der Waals surface area contributed by atoms with Gasteiger partial charge < -0.3 is 19.5 Å². The molecule has 1 unspecified atom stereocenters. The first-order valence-corrected chi connectivity index (χ1v) is 13.4. The Morgan fingerprint density at radius 2 is 1.82 bits per heavy atom. The molecule has 1 fully saturated rings. The molecule has 0 radical (unpaired) electrons. The van der Waals surface area contributed by atoms with Crippen LogP contribution < -0.4 is 14.8 Å². The second-order valence-corrected chi connectivity index (χ2v) is 10.1. The predicted octanol–water partition coefficient (Wildman–Crippen LogP) is 6.36. The molecule has 2 aliphatic heterocycles. The SMILES string of the molecule is O=C(CCCOc1ccc(Cl)cc1Cl)Nc1cccc(Oc2ccc3c(c2)C(=O)N(CC2CCCO2)C3=O)c1. The van der Waals surface area contributed by atoms with E-state index in [1.54, 1.807) is 60.7 Å². The van der Waals surface area contributed by atoms with Crippen molar-refractivity contribution >= 4 is 46.6 Å². The van der Waals surface area contributed by atoms with Gasteiger partial charge in [0.05, 0.1) is 35.4 Å². The van der Waals surface area contributed by atoms with Crippen molar-refractivity contribution in [1.29, 1.82) is 0 Å². The van der Waals surface area contributed by atoms with Crippen LogP contribution in [0, 0.1) is 0 Å². The number of carbonyl (C=O) groups is 3. The number of amides is 3. The number of hydrogen-bond acceptors (Lipinski definition) is 6. The number of hydrogen-bond donors (Lipinski definition) is 1. The Bertz CT molecular complexity index is 1410. The lowest BCUT2D eigenvalue weighted by atomic mass is 10.1. The Hall–Kier alpha value is -3.59. The van der Waals surface area contributed by atoms with E-state index in [1.165, 1.54) is 4.90 Å². The minimum Gasteiger partial charge on any atom is -0.492 e. The van der Waals surface area contributed by atoms with Gasteiger partial charge in [-0.1, -0.05) is 29.3 Å². The molecule has 39 heavy (non-hydrogen) atoms. The summed E-state index contributed by atoms with van der Waals surface area (Å²) in [4.78, 5) is 39.3. The summed E-state index contributed by atoms with van der Waals surface area (Å²) in [5.41, 5.74) is 1.23. The van der Waals surface area contributed by atoms with E-state index in [4.69, 9.17) is 37.4 Å². The maximum atomic E-state index is 12.9. The van der Waals surface area contributed by atoms with Crippen molar-refractivity contribution in [2.24, 2.45) is 0 Å². The third-order valence-electron chi connectivity index (χ3n) is 6.41. The number of imide groups is 1. The van der Waals surface area contributed by atoms with Gasteiger partial charge >= 0.3 is 0 Å². The molecule has 3 aromatic rings. The third-order valence-corrected chi connectivity index (χ3v) is 6.94. The molecule has 10 heteroatoms. The number of rotatable bonds is 10. The molecule has 2 heterocycles. The molecule has 8 nitrogen and oxygen atoms in total. The molecule has 5 rings (SSSR count). The second kappa shape index (κ2) is 12.1. The standard InChI is InChI=1S/C29H26Cl2N2O6/c30-18-8-11-26(25(31)14-18)38-13-3-7-27(34)32-19-4-1-5-20(15-19)39-21-9-10-23-24(16-21)29(36)33(28(23)35)17-22-6-2-12-37-22/h1,4-5,8-11,14-16,22H,2-3,6-7,12-13,17H2,(H,32,34). The van der Waals surface area contributed by atoms with E-state index in [0.29, 0.717) is 63.7 Å². The van der Waals surface area contributed by atoms with Crippen LogP contribution in [-0.2, 0) is 9.53 Å². The van der Waals surface area contributed by atoms with Crippen LogP contribution in [0.3, 0.4) is 0 Å². The molecule has 0 bridgehead atoms. The van der Waals surface area contributed by atoms with Gasteiger partial charge in [0.25, 0.3) is 11.8 Å². The van der Waals surface area contributed by atoms with Crippen LogP contribution in [0.4, 0.5) is 5.69 Å². The number of ether oxygens (including phenoxy) is 3. The summed E-state index contributed by atoms with van der Waals surface area (Å²) in [5.74, 6) is 0.560. The Morgan fingerprint density at radius 3 is 2.62 bits per heavy atom. The van der Waals surface area contributed by atoms with Crippen molar-refractivity contribution in [3.05, 3.63) is 81.8 Å². The van der Waals surface area contributed by atoms with Gasteiger partial charge in [-0.25, -0.2) is 0 Å². The number of anilines is 1. The highest BCUT2D eigenvalue weighted by atomic mass is 35.5. The number of benzene rings is 3. The van der Waals surface area contributed by atoms with Gasteiger partial charge in [0.15, 0.2) is 0 Å². The van der Waals surface area contributed by atoms with Crippen molar-refractivity contribution in [2.75, 3.05) is 25.1 Å². The number of halogens is 2. The summed E-state index contributed by atoms with van der Waals surface area (Å²) < 4.78 is 17.2. The first-order valence-electron chi connectivity index (χ1n) is 12.6. The maximum absolute atomic E-state index is 12.9. The summed E-state index contributed by atoms with van der Waals surface area (Å²) in [6.07, 6.45) is 2.39. The van der Waals surface area contributed by atoms with E-state index in [-0.39, 0.29) is 36.8 Å². The zero-order chi connectivity index (χ0) is 27.4.